The van der Waals surface area contributed by atoms with Crippen LogP contribution in [0.3, 0.4) is 0 Å². The molecular formula is C18H23N2O2S+. The third kappa shape index (κ3) is 4.74. The first-order valence-corrected chi connectivity index (χ1v) is 8.68. The lowest BCUT2D eigenvalue weighted by Gasteiger charge is -2.23. The smallest absolute Gasteiger partial charge is 0.282 e. The summed E-state index contributed by atoms with van der Waals surface area (Å²) in [5.74, 6) is 0.0165. The summed E-state index contributed by atoms with van der Waals surface area (Å²) >= 11 is 1.72. The maximum absolute atomic E-state index is 12.5. The van der Waals surface area contributed by atoms with E-state index in [4.69, 9.17) is 0 Å². The molecule has 0 saturated heterocycles. The summed E-state index contributed by atoms with van der Waals surface area (Å²) in [4.78, 5) is 26.3. The fourth-order valence-electron chi connectivity index (χ4n) is 2.45. The van der Waals surface area contributed by atoms with Crippen molar-refractivity contribution in [3.05, 3.63) is 52.2 Å². The molecule has 2 N–H and O–H groups in total. The molecule has 0 fully saturated rings. The SMILES string of the molecule is CC[NH+](Cc1cccs1)[C@H](C)C(=O)Nc1ccc(C(C)=O)cc1. The molecule has 0 aliphatic rings. The molecule has 0 aliphatic carbocycles. The highest BCUT2D eigenvalue weighted by molar-refractivity contribution is 7.09. The number of carbonyl (C=O) groups excluding carboxylic acids is 2. The van der Waals surface area contributed by atoms with Crippen LogP contribution < -0.4 is 10.2 Å². The molecule has 0 radical (unpaired) electrons. The number of likely N-dealkylation sites (N-methyl/N-ethyl adjacent to an activating group) is 1. The first-order valence-electron chi connectivity index (χ1n) is 7.80. The van der Waals surface area contributed by atoms with E-state index in [0.717, 1.165) is 18.8 Å². The number of thiophene rings is 1. The summed E-state index contributed by atoms with van der Waals surface area (Å²) < 4.78 is 0. The van der Waals surface area contributed by atoms with Crippen LogP contribution >= 0.6 is 11.3 Å². The number of hydrogen-bond donors (Lipinski definition) is 2. The van der Waals surface area contributed by atoms with Crippen LogP contribution in [-0.4, -0.2) is 24.3 Å². The van der Waals surface area contributed by atoms with Crippen molar-refractivity contribution < 1.29 is 14.5 Å². The summed E-state index contributed by atoms with van der Waals surface area (Å²) in [6, 6.07) is 11.0. The third-order valence-electron chi connectivity index (χ3n) is 4.00. The number of amides is 1. The van der Waals surface area contributed by atoms with Gasteiger partial charge in [-0.15, -0.1) is 11.3 Å². The Morgan fingerprint density at radius 1 is 1.22 bits per heavy atom. The van der Waals surface area contributed by atoms with Crippen molar-refractivity contribution in [2.45, 2.75) is 33.4 Å². The maximum Gasteiger partial charge on any atom is 0.282 e. The molecule has 122 valence electrons. The molecule has 0 bridgehead atoms. The zero-order valence-electron chi connectivity index (χ0n) is 13.8. The van der Waals surface area contributed by atoms with Gasteiger partial charge in [0.25, 0.3) is 5.91 Å². The second-order valence-corrected chi connectivity index (χ2v) is 6.64. The van der Waals surface area contributed by atoms with Crippen LogP contribution in [0.4, 0.5) is 5.69 Å². The van der Waals surface area contributed by atoms with Crippen molar-refractivity contribution in [1.82, 2.24) is 0 Å². The van der Waals surface area contributed by atoms with Crippen LogP contribution in [0.15, 0.2) is 41.8 Å². The second-order valence-electron chi connectivity index (χ2n) is 5.61. The van der Waals surface area contributed by atoms with E-state index >= 15 is 0 Å². The summed E-state index contributed by atoms with van der Waals surface area (Å²) in [5.41, 5.74) is 1.37. The Labute approximate surface area is 141 Å². The predicted octanol–water partition coefficient (Wildman–Crippen LogP) is 2.38. The monoisotopic (exact) mass is 331 g/mol. The van der Waals surface area contributed by atoms with E-state index in [0.29, 0.717) is 5.56 Å². The van der Waals surface area contributed by atoms with Gasteiger partial charge in [-0.2, -0.15) is 0 Å². The van der Waals surface area contributed by atoms with Crippen molar-refractivity contribution in [3.8, 4) is 0 Å². The van der Waals surface area contributed by atoms with Gasteiger partial charge >= 0.3 is 0 Å². The van der Waals surface area contributed by atoms with Crippen molar-refractivity contribution >= 4 is 28.7 Å². The topological polar surface area (TPSA) is 50.6 Å². The highest BCUT2D eigenvalue weighted by atomic mass is 32.1. The van der Waals surface area contributed by atoms with Gasteiger partial charge in [0, 0.05) is 11.3 Å². The molecule has 1 aromatic carbocycles. The molecule has 2 rings (SSSR count). The summed E-state index contributed by atoms with van der Waals surface area (Å²) in [6.07, 6.45) is 0. The normalized spacial score (nSPS) is 13.3. The molecule has 1 aromatic heterocycles. The largest absolute Gasteiger partial charge is 0.321 e. The minimum Gasteiger partial charge on any atom is -0.321 e. The number of hydrogen-bond acceptors (Lipinski definition) is 3. The van der Waals surface area contributed by atoms with Gasteiger partial charge in [0.05, 0.1) is 11.4 Å². The molecule has 2 atom stereocenters. The van der Waals surface area contributed by atoms with Crippen LogP contribution in [0.25, 0.3) is 0 Å². The molecular weight excluding hydrogens is 308 g/mol. The number of rotatable bonds is 7. The van der Waals surface area contributed by atoms with Gasteiger partial charge in [-0.25, -0.2) is 0 Å². The van der Waals surface area contributed by atoms with Crippen LogP contribution in [0.1, 0.15) is 36.0 Å². The highest BCUT2D eigenvalue weighted by Gasteiger charge is 2.24. The number of anilines is 1. The Morgan fingerprint density at radius 3 is 2.43 bits per heavy atom. The van der Waals surface area contributed by atoms with E-state index in [2.05, 4.69) is 23.7 Å². The summed E-state index contributed by atoms with van der Waals surface area (Å²) in [5, 5.41) is 4.99. The molecule has 0 aliphatic heterocycles. The quantitative estimate of drug-likeness (QED) is 0.766. The van der Waals surface area contributed by atoms with Gasteiger partial charge in [-0.3, -0.25) is 9.59 Å². The Bertz CT molecular complexity index is 650. The fourth-order valence-corrected chi connectivity index (χ4v) is 3.20. The van der Waals surface area contributed by atoms with Crippen molar-refractivity contribution in [3.63, 3.8) is 0 Å². The van der Waals surface area contributed by atoms with Crippen LogP contribution in [-0.2, 0) is 11.3 Å². The molecule has 1 heterocycles. The number of carbonyl (C=O) groups is 2. The second kappa shape index (κ2) is 8.04. The minimum absolute atomic E-state index is 0.00557. The first kappa shape index (κ1) is 17.4. The number of nitrogens with one attached hydrogen (secondary N) is 2. The molecule has 4 nitrogen and oxygen atoms in total. The average molecular weight is 331 g/mol. The van der Waals surface area contributed by atoms with Gasteiger partial charge in [-0.1, -0.05) is 6.07 Å². The number of quaternary nitrogens is 1. The van der Waals surface area contributed by atoms with Gasteiger partial charge < -0.3 is 10.2 Å². The number of benzene rings is 1. The van der Waals surface area contributed by atoms with E-state index in [1.54, 1.807) is 35.6 Å². The minimum atomic E-state index is -0.144. The Morgan fingerprint density at radius 2 is 1.91 bits per heavy atom. The van der Waals surface area contributed by atoms with Gasteiger partial charge in [0.15, 0.2) is 11.8 Å². The molecule has 5 heteroatoms. The van der Waals surface area contributed by atoms with E-state index in [-0.39, 0.29) is 17.7 Å². The Kier molecular flexibility index (Phi) is 6.07. The van der Waals surface area contributed by atoms with E-state index in [9.17, 15) is 9.59 Å². The summed E-state index contributed by atoms with van der Waals surface area (Å²) in [6.45, 7) is 7.31. The molecule has 0 saturated carbocycles. The lowest BCUT2D eigenvalue weighted by Crippen LogP contribution is -3.15. The van der Waals surface area contributed by atoms with E-state index < -0.39 is 0 Å². The average Bonchev–Trinajstić information content (AvgIpc) is 3.05. The molecule has 2 aromatic rings. The van der Waals surface area contributed by atoms with Crippen molar-refractivity contribution in [2.24, 2.45) is 0 Å². The Balaban J connectivity index is 1.98. The van der Waals surface area contributed by atoms with Gasteiger partial charge in [0.2, 0.25) is 0 Å². The number of Topliss-reactive ketones (excluding diaryl/α,β-unsaturated/α-hetero) is 1. The Hall–Kier alpha value is -1.98. The first-order chi connectivity index (χ1) is 11.0. The molecule has 1 amide bonds. The zero-order chi connectivity index (χ0) is 16.8. The van der Waals surface area contributed by atoms with Gasteiger partial charge in [0.1, 0.15) is 6.54 Å². The van der Waals surface area contributed by atoms with Crippen LogP contribution in [0.2, 0.25) is 0 Å². The van der Waals surface area contributed by atoms with Crippen LogP contribution in [0.5, 0.6) is 0 Å². The third-order valence-corrected chi connectivity index (χ3v) is 4.88. The summed E-state index contributed by atoms with van der Waals surface area (Å²) in [7, 11) is 0. The lowest BCUT2D eigenvalue weighted by atomic mass is 10.1. The number of ketones is 1. The highest BCUT2D eigenvalue weighted by Crippen LogP contribution is 2.10. The maximum atomic E-state index is 12.5. The van der Waals surface area contributed by atoms with Crippen molar-refractivity contribution in [2.75, 3.05) is 11.9 Å². The lowest BCUT2D eigenvalue weighted by molar-refractivity contribution is -0.925. The van der Waals surface area contributed by atoms with Crippen molar-refractivity contribution in [1.29, 1.82) is 0 Å². The van der Waals surface area contributed by atoms with Crippen LogP contribution in [0, 0.1) is 0 Å². The van der Waals surface area contributed by atoms with E-state index in [1.807, 2.05) is 13.0 Å². The molecule has 0 spiro atoms. The zero-order valence-corrected chi connectivity index (χ0v) is 14.6. The predicted molar refractivity (Wildman–Crippen MR) is 94.1 cm³/mol. The molecule has 23 heavy (non-hydrogen) atoms. The van der Waals surface area contributed by atoms with E-state index in [1.165, 1.54) is 16.7 Å². The molecule has 1 unspecified atom stereocenters. The fraction of sp³-hybridized carbons (Fsp3) is 0.333. The van der Waals surface area contributed by atoms with Gasteiger partial charge in [-0.05, 0) is 56.5 Å². The standard InChI is InChI=1S/C18H22N2O2S/c1-4-20(12-17-6-5-11-23-17)13(2)18(22)19-16-9-7-15(8-10-16)14(3)21/h5-11,13H,4,12H2,1-3H3,(H,19,22)/p+1/t13-/m1/s1.